The number of pyridine rings is 1. The highest BCUT2D eigenvalue weighted by Crippen LogP contribution is 2.46. The summed E-state index contributed by atoms with van der Waals surface area (Å²) in [6, 6.07) is 9.82. The highest BCUT2D eigenvalue weighted by atomic mass is 16.5. The number of aromatic nitrogens is 2. The lowest BCUT2D eigenvalue weighted by Crippen LogP contribution is -2.53. The monoisotopic (exact) mass is 420 g/mol. The molecule has 3 aromatic rings. The first-order valence-corrected chi connectivity index (χ1v) is 10.8. The molecule has 0 bridgehead atoms. The van der Waals surface area contributed by atoms with E-state index in [1.807, 2.05) is 29.2 Å². The van der Waals surface area contributed by atoms with Crippen LogP contribution in [0.25, 0.3) is 10.9 Å². The van der Waals surface area contributed by atoms with Gasteiger partial charge in [-0.15, -0.1) is 0 Å². The fraction of sp³-hybridized carbons (Fsp3) is 0.417. The van der Waals surface area contributed by atoms with Gasteiger partial charge in [-0.25, -0.2) is 0 Å². The van der Waals surface area contributed by atoms with Crippen molar-refractivity contribution in [1.82, 2.24) is 20.2 Å². The number of aromatic amines is 1. The first-order valence-electron chi connectivity index (χ1n) is 10.8. The molecular formula is C24H28N4O3. The van der Waals surface area contributed by atoms with E-state index in [0.29, 0.717) is 6.42 Å². The molecule has 2 aromatic heterocycles. The Morgan fingerprint density at radius 3 is 2.74 bits per heavy atom. The summed E-state index contributed by atoms with van der Waals surface area (Å²) in [6.07, 6.45) is 5.66. The maximum Gasteiger partial charge on any atom is 0.226 e. The van der Waals surface area contributed by atoms with Crippen LogP contribution in [0.4, 0.5) is 0 Å². The van der Waals surface area contributed by atoms with Crippen molar-refractivity contribution in [2.45, 2.75) is 30.7 Å². The molecule has 2 aliphatic rings. The van der Waals surface area contributed by atoms with Crippen LogP contribution in [0.1, 0.15) is 35.7 Å². The fourth-order valence-electron chi connectivity index (χ4n) is 5.22. The first-order chi connectivity index (χ1) is 15.1. The number of carbonyl (C=O) groups is 1. The molecule has 3 N–H and O–H groups in total. The highest BCUT2D eigenvalue weighted by molar-refractivity contribution is 5.88. The van der Waals surface area contributed by atoms with Crippen molar-refractivity contribution >= 4 is 16.8 Å². The number of ether oxygens (including phenoxy) is 1. The van der Waals surface area contributed by atoms with E-state index >= 15 is 0 Å². The van der Waals surface area contributed by atoms with Crippen molar-refractivity contribution in [3.63, 3.8) is 0 Å². The van der Waals surface area contributed by atoms with E-state index in [4.69, 9.17) is 4.74 Å². The zero-order valence-corrected chi connectivity index (χ0v) is 17.7. The number of fused-ring (bicyclic) bond motifs is 4. The minimum absolute atomic E-state index is 0.0452. The predicted molar refractivity (Wildman–Crippen MR) is 118 cm³/mol. The number of amides is 1. The number of likely N-dealkylation sites (tertiary alicyclic amines) is 1. The number of hydrogen-bond acceptors (Lipinski definition) is 5. The van der Waals surface area contributed by atoms with E-state index in [0.717, 1.165) is 55.0 Å². The Labute approximate surface area is 181 Å². The number of rotatable bonds is 4. The van der Waals surface area contributed by atoms with Crippen molar-refractivity contribution in [2.24, 2.45) is 0 Å². The number of aliphatic hydroxyl groups excluding tert-OH is 1. The lowest BCUT2D eigenvalue weighted by atomic mass is 9.69. The van der Waals surface area contributed by atoms with Gasteiger partial charge in [0.05, 0.1) is 26.2 Å². The van der Waals surface area contributed by atoms with Crippen molar-refractivity contribution in [1.29, 1.82) is 0 Å². The van der Waals surface area contributed by atoms with Crippen LogP contribution < -0.4 is 10.1 Å². The molecule has 4 heterocycles. The van der Waals surface area contributed by atoms with E-state index in [-0.39, 0.29) is 24.0 Å². The van der Waals surface area contributed by atoms with Crippen molar-refractivity contribution < 1.29 is 14.6 Å². The zero-order chi connectivity index (χ0) is 21.4. The molecular weight excluding hydrogens is 392 g/mol. The van der Waals surface area contributed by atoms with Crippen LogP contribution in [-0.4, -0.2) is 59.2 Å². The second-order valence-electron chi connectivity index (χ2n) is 8.63. The Hall–Kier alpha value is -2.90. The van der Waals surface area contributed by atoms with E-state index < -0.39 is 0 Å². The highest BCUT2D eigenvalue weighted by Gasteiger charge is 2.44. The van der Waals surface area contributed by atoms with Crippen LogP contribution in [0.15, 0.2) is 42.7 Å². The van der Waals surface area contributed by atoms with Gasteiger partial charge in [0.25, 0.3) is 0 Å². The maximum absolute atomic E-state index is 12.9. The summed E-state index contributed by atoms with van der Waals surface area (Å²) in [5.74, 6) is 0.979. The van der Waals surface area contributed by atoms with Gasteiger partial charge >= 0.3 is 0 Å². The van der Waals surface area contributed by atoms with Crippen LogP contribution in [0.3, 0.4) is 0 Å². The summed E-state index contributed by atoms with van der Waals surface area (Å²) < 4.78 is 5.40. The SMILES string of the molecule is COc1ccc2c3c([nH]c2c1)[C@H](CO)NCC31CCN(C(=O)Cc2ccncc2)CC1. The van der Waals surface area contributed by atoms with Crippen LogP contribution in [0, 0.1) is 0 Å². The molecule has 0 unspecified atom stereocenters. The van der Waals surface area contributed by atoms with Gasteiger partial charge in [-0.3, -0.25) is 9.78 Å². The number of piperidine rings is 1. The summed E-state index contributed by atoms with van der Waals surface area (Å²) in [6.45, 7) is 2.31. The molecule has 162 valence electrons. The van der Waals surface area contributed by atoms with Gasteiger partial charge in [0.1, 0.15) is 5.75 Å². The van der Waals surface area contributed by atoms with Gasteiger partial charge in [-0.2, -0.15) is 0 Å². The first kappa shape index (κ1) is 20.0. The molecule has 1 spiro atoms. The van der Waals surface area contributed by atoms with Crippen LogP contribution in [0.5, 0.6) is 5.75 Å². The Morgan fingerprint density at radius 1 is 1.26 bits per heavy atom. The third-order valence-electron chi connectivity index (χ3n) is 6.96. The third-order valence-corrected chi connectivity index (χ3v) is 6.96. The normalized spacial score (nSPS) is 20.1. The molecule has 31 heavy (non-hydrogen) atoms. The van der Waals surface area contributed by atoms with Crippen molar-refractivity contribution in [2.75, 3.05) is 33.4 Å². The van der Waals surface area contributed by atoms with E-state index in [9.17, 15) is 9.90 Å². The van der Waals surface area contributed by atoms with E-state index in [1.165, 1.54) is 10.9 Å². The van der Waals surface area contributed by atoms with Gasteiger partial charge in [0, 0.05) is 60.1 Å². The number of methoxy groups -OCH3 is 1. The number of H-pyrrole nitrogens is 1. The standard InChI is InChI=1S/C24H28N4O3/c1-31-17-2-3-18-19(13-17)27-23-20(14-29)26-15-24(22(18)23)6-10-28(11-7-24)21(30)12-16-4-8-25-9-5-16/h2-5,8-9,13,20,26-27,29H,6-7,10-12,14-15H2,1H3/t20-/m0/s1. The summed E-state index contributed by atoms with van der Waals surface area (Å²) in [7, 11) is 1.67. The molecule has 5 rings (SSSR count). The Kier molecular flexibility index (Phi) is 5.16. The van der Waals surface area contributed by atoms with Crippen LogP contribution >= 0.6 is 0 Å². The second-order valence-corrected chi connectivity index (χ2v) is 8.63. The number of benzene rings is 1. The number of nitrogens with zero attached hydrogens (tertiary/aromatic N) is 2. The summed E-state index contributed by atoms with van der Waals surface area (Å²) >= 11 is 0. The Balaban J connectivity index is 1.42. The topological polar surface area (TPSA) is 90.5 Å². The molecule has 1 aromatic carbocycles. The lowest BCUT2D eigenvalue weighted by Gasteiger charge is -2.46. The maximum atomic E-state index is 12.9. The van der Waals surface area contributed by atoms with Crippen LogP contribution in [0.2, 0.25) is 0 Å². The van der Waals surface area contributed by atoms with E-state index in [1.54, 1.807) is 19.5 Å². The van der Waals surface area contributed by atoms with Gasteiger partial charge in [-0.1, -0.05) is 0 Å². The van der Waals surface area contributed by atoms with Gasteiger partial charge < -0.3 is 25.0 Å². The fourth-order valence-corrected chi connectivity index (χ4v) is 5.22. The number of aliphatic hydroxyl groups is 1. The summed E-state index contributed by atoms with van der Waals surface area (Å²) in [4.78, 5) is 22.4. The zero-order valence-electron chi connectivity index (χ0n) is 17.7. The molecule has 7 nitrogen and oxygen atoms in total. The molecule has 1 fully saturated rings. The van der Waals surface area contributed by atoms with Crippen LogP contribution in [-0.2, 0) is 16.6 Å². The minimum atomic E-state index is -0.106. The number of hydrogen-bond donors (Lipinski definition) is 3. The Bertz CT molecular complexity index is 1090. The van der Waals surface area contributed by atoms with Gasteiger partial charge in [0.2, 0.25) is 5.91 Å². The minimum Gasteiger partial charge on any atom is -0.497 e. The molecule has 0 aliphatic carbocycles. The molecule has 0 radical (unpaired) electrons. The molecule has 0 saturated carbocycles. The quantitative estimate of drug-likeness (QED) is 0.603. The lowest BCUT2D eigenvalue weighted by molar-refractivity contribution is -0.132. The molecule has 1 amide bonds. The molecule has 2 aliphatic heterocycles. The van der Waals surface area contributed by atoms with Gasteiger partial charge in [0.15, 0.2) is 0 Å². The summed E-state index contributed by atoms with van der Waals surface area (Å²) in [5.41, 5.74) is 4.33. The Morgan fingerprint density at radius 2 is 2.03 bits per heavy atom. The van der Waals surface area contributed by atoms with Crippen molar-refractivity contribution in [3.8, 4) is 5.75 Å². The summed E-state index contributed by atoms with van der Waals surface area (Å²) in [5, 5.41) is 14.7. The number of carbonyl (C=O) groups excluding carboxylic acids is 1. The number of nitrogens with one attached hydrogen (secondary N) is 2. The molecule has 1 saturated heterocycles. The molecule has 7 heteroatoms. The third kappa shape index (κ3) is 3.47. The van der Waals surface area contributed by atoms with Gasteiger partial charge in [-0.05, 0) is 48.2 Å². The average Bonchev–Trinajstić information content (AvgIpc) is 3.20. The molecule has 1 atom stereocenters. The largest absolute Gasteiger partial charge is 0.497 e. The smallest absolute Gasteiger partial charge is 0.226 e. The average molecular weight is 421 g/mol. The van der Waals surface area contributed by atoms with Crippen molar-refractivity contribution in [3.05, 3.63) is 59.5 Å². The second kappa shape index (κ2) is 7.98. The predicted octanol–water partition coefficient (Wildman–Crippen LogP) is 2.31. The van der Waals surface area contributed by atoms with E-state index in [2.05, 4.69) is 21.4 Å².